The van der Waals surface area contributed by atoms with E-state index >= 15 is 0 Å². The molecule has 0 aliphatic heterocycles. The summed E-state index contributed by atoms with van der Waals surface area (Å²) in [5.74, 6) is 1.90. The van der Waals surface area contributed by atoms with Crippen LogP contribution in [0.3, 0.4) is 0 Å². The molecule has 0 atom stereocenters. The number of hydrogen-bond acceptors (Lipinski definition) is 3. The largest absolute Gasteiger partial charge is 0.496 e. The highest BCUT2D eigenvalue weighted by molar-refractivity contribution is 5.54. The summed E-state index contributed by atoms with van der Waals surface area (Å²) in [6.07, 6.45) is 0. The van der Waals surface area contributed by atoms with E-state index in [9.17, 15) is 5.11 Å². The third kappa shape index (κ3) is 2.14. The molecule has 1 aromatic rings. The monoisotopic (exact) mass is 224 g/mol. The van der Waals surface area contributed by atoms with E-state index in [4.69, 9.17) is 9.47 Å². The van der Waals surface area contributed by atoms with Crippen LogP contribution in [0.15, 0.2) is 6.07 Å². The second-order valence-electron chi connectivity index (χ2n) is 4.12. The standard InChI is InChI=1S/C13H20O3/c1-8(2)10-6-12(15-4)9(3)11(7-14)13(10)16-5/h6,8,14H,7H2,1-5H3. The van der Waals surface area contributed by atoms with Gasteiger partial charge in [0.05, 0.1) is 20.8 Å². The molecule has 1 rings (SSSR count). The van der Waals surface area contributed by atoms with Crippen LogP contribution >= 0.6 is 0 Å². The second kappa shape index (κ2) is 5.21. The highest BCUT2D eigenvalue weighted by atomic mass is 16.5. The summed E-state index contributed by atoms with van der Waals surface area (Å²) in [6.45, 7) is 6.07. The fourth-order valence-electron chi connectivity index (χ4n) is 1.88. The van der Waals surface area contributed by atoms with Gasteiger partial charge in [-0.15, -0.1) is 0 Å². The Labute approximate surface area is 97.0 Å². The number of rotatable bonds is 4. The maximum Gasteiger partial charge on any atom is 0.128 e. The molecule has 0 bridgehead atoms. The van der Waals surface area contributed by atoms with Crippen molar-refractivity contribution in [2.75, 3.05) is 14.2 Å². The van der Waals surface area contributed by atoms with Crippen LogP contribution in [0.4, 0.5) is 0 Å². The molecule has 0 saturated heterocycles. The summed E-state index contributed by atoms with van der Waals surface area (Å²) in [4.78, 5) is 0. The number of aliphatic hydroxyl groups excluding tert-OH is 1. The maximum atomic E-state index is 9.42. The molecule has 0 amide bonds. The lowest BCUT2D eigenvalue weighted by Crippen LogP contribution is -2.03. The quantitative estimate of drug-likeness (QED) is 0.854. The van der Waals surface area contributed by atoms with Crippen LogP contribution in [-0.2, 0) is 6.61 Å². The third-order valence-corrected chi connectivity index (χ3v) is 2.85. The molecule has 0 radical (unpaired) electrons. The lowest BCUT2D eigenvalue weighted by molar-refractivity contribution is 0.270. The lowest BCUT2D eigenvalue weighted by Gasteiger charge is -2.19. The molecule has 0 aliphatic rings. The highest BCUT2D eigenvalue weighted by Crippen LogP contribution is 2.37. The van der Waals surface area contributed by atoms with Crippen LogP contribution in [0, 0.1) is 6.92 Å². The molecule has 0 aliphatic carbocycles. The molecule has 1 aromatic carbocycles. The summed E-state index contributed by atoms with van der Waals surface area (Å²) < 4.78 is 10.7. The highest BCUT2D eigenvalue weighted by Gasteiger charge is 2.17. The minimum absolute atomic E-state index is 0.0358. The Kier molecular flexibility index (Phi) is 4.19. The number of ether oxygens (including phenoxy) is 2. The van der Waals surface area contributed by atoms with Gasteiger partial charge in [0.1, 0.15) is 11.5 Å². The van der Waals surface area contributed by atoms with Crippen LogP contribution in [0.1, 0.15) is 36.5 Å². The average molecular weight is 224 g/mol. The molecule has 0 unspecified atom stereocenters. The van der Waals surface area contributed by atoms with E-state index in [1.807, 2.05) is 13.0 Å². The fourth-order valence-corrected chi connectivity index (χ4v) is 1.88. The van der Waals surface area contributed by atoms with Crippen molar-refractivity contribution in [3.05, 3.63) is 22.8 Å². The number of hydrogen-bond donors (Lipinski definition) is 1. The predicted molar refractivity (Wildman–Crippen MR) is 64.3 cm³/mol. The number of benzene rings is 1. The molecular formula is C13H20O3. The molecule has 0 heterocycles. The molecule has 1 N–H and O–H groups in total. The lowest BCUT2D eigenvalue weighted by atomic mass is 9.95. The van der Waals surface area contributed by atoms with E-state index < -0.39 is 0 Å². The molecule has 0 aromatic heterocycles. The Morgan fingerprint density at radius 2 is 1.88 bits per heavy atom. The first kappa shape index (κ1) is 12.8. The minimum Gasteiger partial charge on any atom is -0.496 e. The predicted octanol–water partition coefficient (Wildman–Crippen LogP) is 2.63. The summed E-state index contributed by atoms with van der Waals surface area (Å²) in [5, 5.41) is 9.42. The van der Waals surface area contributed by atoms with Crippen LogP contribution in [0.25, 0.3) is 0 Å². The van der Waals surface area contributed by atoms with Gasteiger partial charge >= 0.3 is 0 Å². The van der Waals surface area contributed by atoms with Crippen molar-refractivity contribution in [1.29, 1.82) is 0 Å². The van der Waals surface area contributed by atoms with Crippen LogP contribution in [0.5, 0.6) is 11.5 Å². The topological polar surface area (TPSA) is 38.7 Å². The van der Waals surface area contributed by atoms with E-state index in [1.54, 1.807) is 14.2 Å². The molecule has 3 nitrogen and oxygen atoms in total. The van der Waals surface area contributed by atoms with E-state index in [2.05, 4.69) is 13.8 Å². The van der Waals surface area contributed by atoms with Gasteiger partial charge in [-0.2, -0.15) is 0 Å². The first-order valence-corrected chi connectivity index (χ1v) is 5.42. The van der Waals surface area contributed by atoms with Gasteiger partial charge in [-0.1, -0.05) is 13.8 Å². The van der Waals surface area contributed by atoms with Crippen molar-refractivity contribution < 1.29 is 14.6 Å². The molecule has 16 heavy (non-hydrogen) atoms. The summed E-state index contributed by atoms with van der Waals surface area (Å²) in [6, 6.07) is 1.98. The summed E-state index contributed by atoms with van der Waals surface area (Å²) in [5.41, 5.74) is 2.81. The van der Waals surface area contributed by atoms with Crippen LogP contribution in [-0.4, -0.2) is 19.3 Å². The van der Waals surface area contributed by atoms with Crippen molar-refractivity contribution in [2.24, 2.45) is 0 Å². The SMILES string of the molecule is COc1cc(C(C)C)c(OC)c(CO)c1C. The van der Waals surface area contributed by atoms with Gasteiger partial charge in [0.2, 0.25) is 0 Å². The number of aliphatic hydroxyl groups is 1. The molecular weight excluding hydrogens is 204 g/mol. The van der Waals surface area contributed by atoms with Gasteiger partial charge < -0.3 is 14.6 Å². The second-order valence-corrected chi connectivity index (χ2v) is 4.12. The zero-order valence-corrected chi connectivity index (χ0v) is 10.6. The molecule has 0 saturated carbocycles. The van der Waals surface area contributed by atoms with Gasteiger partial charge in [-0.05, 0) is 18.9 Å². The maximum absolute atomic E-state index is 9.42. The van der Waals surface area contributed by atoms with E-state index in [1.165, 1.54) is 0 Å². The number of methoxy groups -OCH3 is 2. The Morgan fingerprint density at radius 3 is 2.25 bits per heavy atom. The Balaban J connectivity index is 3.49. The first-order valence-electron chi connectivity index (χ1n) is 5.42. The van der Waals surface area contributed by atoms with Crippen molar-refractivity contribution >= 4 is 0 Å². The summed E-state index contributed by atoms with van der Waals surface area (Å²) >= 11 is 0. The van der Waals surface area contributed by atoms with E-state index in [0.717, 1.165) is 28.2 Å². The smallest absolute Gasteiger partial charge is 0.128 e. The average Bonchev–Trinajstić information content (AvgIpc) is 2.27. The fraction of sp³-hybridized carbons (Fsp3) is 0.538. The van der Waals surface area contributed by atoms with Crippen LogP contribution in [0.2, 0.25) is 0 Å². The van der Waals surface area contributed by atoms with Gasteiger partial charge in [0.15, 0.2) is 0 Å². The van der Waals surface area contributed by atoms with E-state index in [-0.39, 0.29) is 6.61 Å². The zero-order chi connectivity index (χ0) is 12.3. The Morgan fingerprint density at radius 1 is 1.25 bits per heavy atom. The van der Waals surface area contributed by atoms with E-state index in [0.29, 0.717) is 5.92 Å². The third-order valence-electron chi connectivity index (χ3n) is 2.85. The Hall–Kier alpha value is -1.22. The van der Waals surface area contributed by atoms with Crippen LogP contribution < -0.4 is 9.47 Å². The van der Waals surface area contributed by atoms with Gasteiger partial charge in [0, 0.05) is 16.7 Å². The van der Waals surface area contributed by atoms with Gasteiger partial charge in [0.25, 0.3) is 0 Å². The Bertz CT molecular complexity index is 370. The van der Waals surface area contributed by atoms with Gasteiger partial charge in [-0.3, -0.25) is 0 Å². The normalized spacial score (nSPS) is 10.7. The molecule has 0 fully saturated rings. The first-order chi connectivity index (χ1) is 7.56. The van der Waals surface area contributed by atoms with Crippen molar-refractivity contribution in [3.8, 4) is 11.5 Å². The molecule has 0 spiro atoms. The summed E-state index contributed by atoms with van der Waals surface area (Å²) in [7, 11) is 3.27. The van der Waals surface area contributed by atoms with Crippen molar-refractivity contribution in [3.63, 3.8) is 0 Å². The molecule has 90 valence electrons. The zero-order valence-electron chi connectivity index (χ0n) is 10.6. The minimum atomic E-state index is -0.0358. The van der Waals surface area contributed by atoms with Crippen molar-refractivity contribution in [1.82, 2.24) is 0 Å². The van der Waals surface area contributed by atoms with Gasteiger partial charge in [-0.25, -0.2) is 0 Å². The van der Waals surface area contributed by atoms with Crippen molar-refractivity contribution in [2.45, 2.75) is 33.3 Å². The molecule has 3 heteroatoms.